The van der Waals surface area contributed by atoms with Crippen molar-refractivity contribution in [2.24, 2.45) is 11.7 Å². The summed E-state index contributed by atoms with van der Waals surface area (Å²) in [6, 6.07) is 0. The quantitative estimate of drug-likeness (QED) is 0.703. The van der Waals surface area contributed by atoms with E-state index in [0.29, 0.717) is 5.54 Å². The lowest BCUT2D eigenvalue weighted by molar-refractivity contribution is -0.00851. The molecule has 0 aromatic heterocycles. The van der Waals surface area contributed by atoms with Crippen molar-refractivity contribution in [1.29, 1.82) is 0 Å². The highest BCUT2D eigenvalue weighted by atomic mass is 15.2. The highest BCUT2D eigenvalue weighted by molar-refractivity contribution is 5.01. The summed E-state index contributed by atoms with van der Waals surface area (Å²) >= 11 is 0. The summed E-state index contributed by atoms with van der Waals surface area (Å²) in [7, 11) is 2.27. The van der Waals surface area contributed by atoms with Gasteiger partial charge < -0.3 is 5.73 Å². The predicted octanol–water partition coefficient (Wildman–Crippen LogP) is 1.60. The molecule has 1 aliphatic heterocycles. The third-order valence-electron chi connectivity index (χ3n) is 4.33. The first-order valence-corrected chi connectivity index (χ1v) is 5.71. The number of nitrogens with zero attached hydrogens (tertiary/aromatic N) is 1. The van der Waals surface area contributed by atoms with Gasteiger partial charge in [-0.1, -0.05) is 12.8 Å². The van der Waals surface area contributed by atoms with Gasteiger partial charge in [0.2, 0.25) is 0 Å². The van der Waals surface area contributed by atoms with Crippen molar-refractivity contribution < 1.29 is 0 Å². The highest BCUT2D eigenvalue weighted by Gasteiger charge is 2.44. The van der Waals surface area contributed by atoms with E-state index >= 15 is 0 Å². The van der Waals surface area contributed by atoms with E-state index in [4.69, 9.17) is 5.73 Å². The second-order valence-electron chi connectivity index (χ2n) is 4.81. The molecule has 1 atom stereocenters. The minimum atomic E-state index is 0.385. The van der Waals surface area contributed by atoms with E-state index in [1.54, 1.807) is 0 Å². The van der Waals surface area contributed by atoms with Gasteiger partial charge in [0, 0.05) is 12.1 Å². The number of rotatable bonds is 2. The minimum Gasteiger partial charge on any atom is -0.329 e. The molecule has 1 heterocycles. The number of likely N-dealkylation sites (N-methyl/N-ethyl adjacent to an activating group) is 1. The van der Waals surface area contributed by atoms with E-state index in [1.807, 2.05) is 0 Å². The Morgan fingerprint density at radius 3 is 2.54 bits per heavy atom. The largest absolute Gasteiger partial charge is 0.329 e. The molecule has 1 saturated carbocycles. The molecular weight excluding hydrogens is 160 g/mol. The zero-order valence-electron chi connectivity index (χ0n) is 8.76. The van der Waals surface area contributed by atoms with Crippen LogP contribution in [0, 0.1) is 5.92 Å². The Morgan fingerprint density at radius 2 is 2.08 bits per heavy atom. The zero-order valence-corrected chi connectivity index (χ0v) is 8.76. The molecule has 0 aromatic carbocycles. The summed E-state index contributed by atoms with van der Waals surface area (Å²) in [4.78, 5) is 2.54. The SMILES string of the molecule is CN1CCCCC1(CN)C1CCC1. The summed E-state index contributed by atoms with van der Waals surface area (Å²) in [5, 5.41) is 0. The smallest absolute Gasteiger partial charge is 0.0356 e. The maximum absolute atomic E-state index is 6.00. The second-order valence-corrected chi connectivity index (χ2v) is 4.81. The van der Waals surface area contributed by atoms with Crippen LogP contribution in [0.1, 0.15) is 38.5 Å². The van der Waals surface area contributed by atoms with E-state index in [9.17, 15) is 0 Å². The molecule has 2 heteroatoms. The molecule has 2 aliphatic rings. The Kier molecular flexibility index (Phi) is 2.61. The van der Waals surface area contributed by atoms with Gasteiger partial charge in [0.1, 0.15) is 0 Å². The van der Waals surface area contributed by atoms with E-state index in [2.05, 4.69) is 11.9 Å². The monoisotopic (exact) mass is 182 g/mol. The molecule has 2 rings (SSSR count). The molecular formula is C11H22N2. The Morgan fingerprint density at radius 1 is 1.31 bits per heavy atom. The molecule has 1 saturated heterocycles. The fourth-order valence-electron chi connectivity index (χ4n) is 3.08. The van der Waals surface area contributed by atoms with Crippen LogP contribution in [0.25, 0.3) is 0 Å². The fourth-order valence-corrected chi connectivity index (χ4v) is 3.08. The number of likely N-dealkylation sites (tertiary alicyclic amines) is 1. The maximum atomic E-state index is 6.00. The van der Waals surface area contributed by atoms with Gasteiger partial charge in [-0.3, -0.25) is 4.90 Å². The number of hydrogen-bond donors (Lipinski definition) is 1. The Labute approximate surface area is 81.5 Å². The van der Waals surface area contributed by atoms with Crippen molar-refractivity contribution in [3.8, 4) is 0 Å². The second kappa shape index (κ2) is 3.58. The Balaban J connectivity index is 2.10. The Hall–Kier alpha value is -0.0800. The topological polar surface area (TPSA) is 29.3 Å². The molecule has 13 heavy (non-hydrogen) atoms. The van der Waals surface area contributed by atoms with Crippen molar-refractivity contribution in [3.05, 3.63) is 0 Å². The third kappa shape index (κ3) is 1.40. The van der Waals surface area contributed by atoms with E-state index in [0.717, 1.165) is 12.5 Å². The van der Waals surface area contributed by atoms with Crippen molar-refractivity contribution in [1.82, 2.24) is 4.90 Å². The normalized spacial score (nSPS) is 37.4. The standard InChI is InChI=1S/C11H22N2/c1-13-8-3-2-7-11(13,9-12)10-5-4-6-10/h10H,2-9,12H2,1H3. The lowest BCUT2D eigenvalue weighted by Crippen LogP contribution is -2.60. The van der Waals surface area contributed by atoms with Crippen LogP contribution in [0.5, 0.6) is 0 Å². The lowest BCUT2D eigenvalue weighted by Gasteiger charge is -2.53. The van der Waals surface area contributed by atoms with Crippen LogP contribution < -0.4 is 5.73 Å². The van der Waals surface area contributed by atoms with Crippen LogP contribution >= 0.6 is 0 Å². The molecule has 2 fully saturated rings. The average Bonchev–Trinajstić information content (AvgIpc) is 2.06. The summed E-state index contributed by atoms with van der Waals surface area (Å²) in [6.45, 7) is 2.13. The lowest BCUT2D eigenvalue weighted by atomic mass is 9.66. The first-order valence-electron chi connectivity index (χ1n) is 5.71. The van der Waals surface area contributed by atoms with Crippen LogP contribution in [0.2, 0.25) is 0 Å². The first-order chi connectivity index (χ1) is 6.29. The fraction of sp³-hybridized carbons (Fsp3) is 1.00. The van der Waals surface area contributed by atoms with Crippen LogP contribution in [0.4, 0.5) is 0 Å². The number of hydrogen-bond acceptors (Lipinski definition) is 2. The van der Waals surface area contributed by atoms with Crippen molar-refractivity contribution in [2.45, 2.75) is 44.1 Å². The van der Waals surface area contributed by atoms with Gasteiger partial charge in [-0.25, -0.2) is 0 Å². The number of nitrogens with two attached hydrogens (primary N) is 1. The Bertz CT molecular complexity index is 173. The van der Waals surface area contributed by atoms with Crippen LogP contribution in [-0.2, 0) is 0 Å². The van der Waals surface area contributed by atoms with Crippen molar-refractivity contribution in [2.75, 3.05) is 20.1 Å². The molecule has 0 spiro atoms. The van der Waals surface area contributed by atoms with Gasteiger partial charge in [-0.05, 0) is 45.2 Å². The van der Waals surface area contributed by atoms with Gasteiger partial charge in [0.15, 0.2) is 0 Å². The molecule has 0 bridgehead atoms. The summed E-state index contributed by atoms with van der Waals surface area (Å²) in [6.07, 6.45) is 8.36. The van der Waals surface area contributed by atoms with Crippen molar-refractivity contribution >= 4 is 0 Å². The van der Waals surface area contributed by atoms with Gasteiger partial charge in [0.05, 0.1) is 0 Å². The molecule has 1 aliphatic carbocycles. The third-order valence-corrected chi connectivity index (χ3v) is 4.33. The maximum Gasteiger partial charge on any atom is 0.0356 e. The number of piperidine rings is 1. The van der Waals surface area contributed by atoms with E-state index in [-0.39, 0.29) is 0 Å². The van der Waals surface area contributed by atoms with Crippen LogP contribution in [0.3, 0.4) is 0 Å². The first kappa shape index (κ1) is 9.47. The molecule has 76 valence electrons. The molecule has 2 N–H and O–H groups in total. The minimum absolute atomic E-state index is 0.385. The van der Waals surface area contributed by atoms with Gasteiger partial charge in [-0.2, -0.15) is 0 Å². The molecule has 0 amide bonds. The molecule has 2 nitrogen and oxygen atoms in total. The highest BCUT2D eigenvalue weighted by Crippen LogP contribution is 2.43. The average molecular weight is 182 g/mol. The molecule has 0 aromatic rings. The van der Waals surface area contributed by atoms with E-state index < -0.39 is 0 Å². The van der Waals surface area contributed by atoms with Crippen LogP contribution in [0.15, 0.2) is 0 Å². The summed E-state index contributed by atoms with van der Waals surface area (Å²) in [5.74, 6) is 0.905. The van der Waals surface area contributed by atoms with Gasteiger partial charge >= 0.3 is 0 Å². The molecule has 1 unspecified atom stereocenters. The van der Waals surface area contributed by atoms with Crippen molar-refractivity contribution in [3.63, 3.8) is 0 Å². The predicted molar refractivity (Wildman–Crippen MR) is 55.6 cm³/mol. The zero-order chi connectivity index (χ0) is 9.31. The van der Waals surface area contributed by atoms with Gasteiger partial charge in [-0.15, -0.1) is 0 Å². The summed E-state index contributed by atoms with van der Waals surface area (Å²) in [5.41, 5.74) is 6.38. The van der Waals surface area contributed by atoms with E-state index in [1.165, 1.54) is 45.1 Å². The summed E-state index contributed by atoms with van der Waals surface area (Å²) < 4.78 is 0. The van der Waals surface area contributed by atoms with Gasteiger partial charge in [0.25, 0.3) is 0 Å². The van der Waals surface area contributed by atoms with Crippen LogP contribution in [-0.4, -0.2) is 30.6 Å². The molecule has 0 radical (unpaired) electrons.